The first-order chi connectivity index (χ1) is 10.1. The van der Waals surface area contributed by atoms with E-state index >= 15 is 0 Å². The Morgan fingerprint density at radius 2 is 2.19 bits per heavy atom. The molecule has 0 fully saturated rings. The Bertz CT molecular complexity index is 734. The highest BCUT2D eigenvalue weighted by Crippen LogP contribution is 2.16. The Morgan fingerprint density at radius 1 is 1.38 bits per heavy atom. The maximum Gasteiger partial charge on any atom is 0.276 e. The topological polar surface area (TPSA) is 68.9 Å². The van der Waals surface area contributed by atoms with Crippen molar-refractivity contribution in [1.82, 2.24) is 14.1 Å². The van der Waals surface area contributed by atoms with Gasteiger partial charge in [0.25, 0.3) is 11.5 Å². The second-order valence-corrected chi connectivity index (χ2v) is 5.44. The molecular weight excluding hydrogens is 268 g/mol. The van der Waals surface area contributed by atoms with E-state index in [1.807, 2.05) is 4.57 Å². The summed E-state index contributed by atoms with van der Waals surface area (Å²) >= 11 is 0. The largest absolute Gasteiger partial charge is 0.334 e. The molecule has 0 unspecified atom stereocenters. The number of aromatic nitrogens is 3. The van der Waals surface area contributed by atoms with Crippen LogP contribution in [0.1, 0.15) is 34.7 Å². The zero-order chi connectivity index (χ0) is 15.0. The molecule has 1 aliphatic rings. The standard InChI is InChI=1S/C15H18N4O2/c1-10-6-8-18(2)15(21)13(10)17-14(20)11-9-19-7-4-3-5-12(19)16-11/h6,8-9H,3-5,7H2,1-2H3,(H,17,20). The second kappa shape index (κ2) is 5.20. The summed E-state index contributed by atoms with van der Waals surface area (Å²) in [5, 5.41) is 2.70. The summed E-state index contributed by atoms with van der Waals surface area (Å²) < 4.78 is 3.47. The number of hydrogen-bond acceptors (Lipinski definition) is 3. The Morgan fingerprint density at radius 3 is 2.95 bits per heavy atom. The van der Waals surface area contributed by atoms with Gasteiger partial charge < -0.3 is 14.5 Å². The molecule has 0 aliphatic carbocycles. The summed E-state index contributed by atoms with van der Waals surface area (Å²) in [7, 11) is 1.66. The minimum atomic E-state index is -0.330. The van der Waals surface area contributed by atoms with Crippen LogP contribution in [-0.4, -0.2) is 20.0 Å². The van der Waals surface area contributed by atoms with Crippen molar-refractivity contribution in [3.05, 3.63) is 45.9 Å². The lowest BCUT2D eigenvalue weighted by atomic mass is 10.2. The van der Waals surface area contributed by atoms with Crippen molar-refractivity contribution in [2.24, 2.45) is 7.05 Å². The normalized spacial score (nSPS) is 13.8. The number of aryl methyl sites for hydroxylation is 4. The molecule has 2 aromatic heterocycles. The van der Waals surface area contributed by atoms with Gasteiger partial charge in [-0.15, -0.1) is 0 Å². The number of hydrogen-bond donors (Lipinski definition) is 1. The number of rotatable bonds is 2. The molecule has 1 amide bonds. The molecule has 1 aliphatic heterocycles. The summed E-state index contributed by atoms with van der Waals surface area (Å²) in [5.74, 6) is 0.618. The lowest BCUT2D eigenvalue weighted by Crippen LogP contribution is -2.25. The van der Waals surface area contributed by atoms with Crippen LogP contribution in [0.5, 0.6) is 0 Å². The van der Waals surface area contributed by atoms with Crippen LogP contribution >= 0.6 is 0 Å². The summed E-state index contributed by atoms with van der Waals surface area (Å²) in [6, 6.07) is 1.80. The van der Waals surface area contributed by atoms with Gasteiger partial charge in [-0.3, -0.25) is 9.59 Å². The van der Waals surface area contributed by atoms with Crippen LogP contribution in [0.15, 0.2) is 23.3 Å². The molecule has 0 spiro atoms. The van der Waals surface area contributed by atoms with Gasteiger partial charge >= 0.3 is 0 Å². The third kappa shape index (κ3) is 2.49. The van der Waals surface area contributed by atoms with Crippen LogP contribution < -0.4 is 10.9 Å². The Hall–Kier alpha value is -2.37. The zero-order valence-corrected chi connectivity index (χ0v) is 12.2. The molecule has 6 nitrogen and oxygen atoms in total. The number of fused-ring (bicyclic) bond motifs is 1. The molecule has 0 atom stereocenters. The van der Waals surface area contributed by atoms with E-state index in [4.69, 9.17) is 0 Å². The van der Waals surface area contributed by atoms with Crippen LogP contribution in [0.4, 0.5) is 5.69 Å². The number of carbonyl (C=O) groups is 1. The molecule has 0 saturated heterocycles. The van der Waals surface area contributed by atoms with Gasteiger partial charge in [0.1, 0.15) is 17.2 Å². The van der Waals surface area contributed by atoms with Crippen molar-refractivity contribution in [1.29, 1.82) is 0 Å². The van der Waals surface area contributed by atoms with Crippen molar-refractivity contribution in [2.75, 3.05) is 5.32 Å². The van der Waals surface area contributed by atoms with Crippen LogP contribution in [0, 0.1) is 6.92 Å². The maximum absolute atomic E-state index is 12.3. The number of carbonyl (C=O) groups excluding carboxylic acids is 1. The van der Waals surface area contributed by atoms with Crippen molar-refractivity contribution >= 4 is 11.6 Å². The Balaban J connectivity index is 1.89. The fourth-order valence-electron chi connectivity index (χ4n) is 2.57. The van der Waals surface area contributed by atoms with E-state index in [1.54, 1.807) is 32.4 Å². The first-order valence-corrected chi connectivity index (χ1v) is 7.10. The van der Waals surface area contributed by atoms with E-state index in [2.05, 4.69) is 10.3 Å². The average molecular weight is 286 g/mol. The summed E-state index contributed by atoms with van der Waals surface area (Å²) in [4.78, 5) is 28.8. The molecule has 0 saturated carbocycles. The van der Waals surface area contributed by atoms with Crippen molar-refractivity contribution in [3.63, 3.8) is 0 Å². The van der Waals surface area contributed by atoms with Crippen molar-refractivity contribution < 1.29 is 4.79 Å². The summed E-state index contributed by atoms with van der Waals surface area (Å²) in [6.45, 7) is 2.71. The van der Waals surface area contributed by atoms with Crippen molar-refractivity contribution in [3.8, 4) is 0 Å². The third-order valence-corrected chi connectivity index (χ3v) is 3.86. The Labute approximate surface area is 122 Å². The van der Waals surface area contributed by atoms with Gasteiger partial charge in [-0.1, -0.05) is 0 Å². The zero-order valence-electron chi connectivity index (χ0n) is 12.2. The van der Waals surface area contributed by atoms with E-state index in [0.717, 1.165) is 37.2 Å². The van der Waals surface area contributed by atoms with Crippen LogP contribution in [-0.2, 0) is 20.0 Å². The average Bonchev–Trinajstić information content (AvgIpc) is 2.91. The highest BCUT2D eigenvalue weighted by atomic mass is 16.2. The van der Waals surface area contributed by atoms with E-state index < -0.39 is 0 Å². The first-order valence-electron chi connectivity index (χ1n) is 7.10. The van der Waals surface area contributed by atoms with Gasteiger partial charge in [0, 0.05) is 32.4 Å². The molecule has 0 radical (unpaired) electrons. The molecule has 6 heteroatoms. The number of pyridine rings is 1. The highest BCUT2D eigenvalue weighted by Gasteiger charge is 2.18. The lowest BCUT2D eigenvalue weighted by Gasteiger charge is -2.11. The number of nitrogens with zero attached hydrogens (tertiary/aromatic N) is 3. The molecule has 0 bridgehead atoms. The van der Waals surface area contributed by atoms with E-state index in [9.17, 15) is 9.59 Å². The van der Waals surface area contributed by atoms with Crippen LogP contribution in [0.3, 0.4) is 0 Å². The number of amides is 1. The molecule has 1 N–H and O–H groups in total. The summed E-state index contributed by atoms with van der Waals surface area (Å²) in [6.07, 6.45) is 6.58. The van der Waals surface area contributed by atoms with Crippen molar-refractivity contribution in [2.45, 2.75) is 32.7 Å². The first kappa shape index (κ1) is 13.6. The number of anilines is 1. The SMILES string of the molecule is Cc1ccn(C)c(=O)c1NC(=O)c1cn2c(n1)CCCC2. The fourth-order valence-corrected chi connectivity index (χ4v) is 2.57. The fraction of sp³-hybridized carbons (Fsp3) is 0.400. The van der Waals surface area contributed by atoms with Gasteiger partial charge in [-0.05, 0) is 31.4 Å². The van der Waals surface area contributed by atoms with Crippen LogP contribution in [0.2, 0.25) is 0 Å². The predicted molar refractivity (Wildman–Crippen MR) is 79.5 cm³/mol. The van der Waals surface area contributed by atoms with E-state index in [-0.39, 0.29) is 11.5 Å². The molecule has 21 heavy (non-hydrogen) atoms. The third-order valence-electron chi connectivity index (χ3n) is 3.86. The minimum Gasteiger partial charge on any atom is -0.334 e. The van der Waals surface area contributed by atoms with Gasteiger partial charge in [-0.25, -0.2) is 4.98 Å². The maximum atomic E-state index is 12.3. The van der Waals surface area contributed by atoms with Gasteiger partial charge in [-0.2, -0.15) is 0 Å². The smallest absolute Gasteiger partial charge is 0.276 e. The van der Waals surface area contributed by atoms with E-state index in [1.165, 1.54) is 4.57 Å². The minimum absolute atomic E-state index is 0.215. The molecule has 3 heterocycles. The highest BCUT2D eigenvalue weighted by molar-refractivity contribution is 6.03. The Kier molecular flexibility index (Phi) is 3.37. The number of nitrogens with one attached hydrogen (secondary N) is 1. The molecule has 3 rings (SSSR count). The second-order valence-electron chi connectivity index (χ2n) is 5.44. The van der Waals surface area contributed by atoms with Gasteiger partial charge in [0.05, 0.1) is 0 Å². The van der Waals surface area contributed by atoms with Gasteiger partial charge in [0.2, 0.25) is 0 Å². The van der Waals surface area contributed by atoms with E-state index in [0.29, 0.717) is 11.4 Å². The molecule has 2 aromatic rings. The molecule has 0 aromatic carbocycles. The van der Waals surface area contributed by atoms with Crippen LogP contribution in [0.25, 0.3) is 0 Å². The monoisotopic (exact) mass is 286 g/mol. The van der Waals surface area contributed by atoms with Gasteiger partial charge in [0.15, 0.2) is 0 Å². The lowest BCUT2D eigenvalue weighted by molar-refractivity contribution is 0.102. The predicted octanol–water partition coefficient (Wildman–Crippen LogP) is 1.48. The molecular formula is C15H18N4O2. The molecule has 110 valence electrons. The quantitative estimate of drug-likeness (QED) is 0.909. The summed E-state index contributed by atoms with van der Waals surface area (Å²) in [5.41, 5.74) is 1.22. The number of imidazole rings is 1.